The first-order valence-electron chi connectivity index (χ1n) is 6.41. The topological polar surface area (TPSA) is 48.1 Å². The highest BCUT2D eigenvalue weighted by molar-refractivity contribution is 6.30. The molecular formula is C15H15ClN2O. The zero-order valence-electron chi connectivity index (χ0n) is 10.5. The Morgan fingerprint density at radius 2 is 2.16 bits per heavy atom. The summed E-state index contributed by atoms with van der Waals surface area (Å²) in [5, 5.41) is 0.646. The van der Waals surface area contributed by atoms with E-state index in [1.54, 1.807) is 6.07 Å². The van der Waals surface area contributed by atoms with E-state index in [4.69, 9.17) is 22.1 Å². The van der Waals surface area contributed by atoms with E-state index in [2.05, 4.69) is 11.1 Å². The highest BCUT2D eigenvalue weighted by atomic mass is 35.5. The molecule has 2 aromatic rings. The standard InChI is InChI=1S/C15H15ClN2O/c16-12-4-2-5-13(8-12)19-15-11(9-17)7-10-3-1-6-14(10)18-15/h2,4-5,7-8H,1,3,6,9,17H2. The van der Waals surface area contributed by atoms with Crippen LogP contribution in [0, 0.1) is 0 Å². The lowest BCUT2D eigenvalue weighted by Crippen LogP contribution is -2.04. The number of fused-ring (bicyclic) bond motifs is 1. The van der Waals surface area contributed by atoms with E-state index in [0.717, 1.165) is 30.5 Å². The third-order valence-electron chi connectivity index (χ3n) is 3.32. The van der Waals surface area contributed by atoms with E-state index in [9.17, 15) is 0 Å². The van der Waals surface area contributed by atoms with Crippen LogP contribution in [0.15, 0.2) is 30.3 Å². The molecule has 0 bridgehead atoms. The van der Waals surface area contributed by atoms with Crippen molar-refractivity contribution in [3.63, 3.8) is 0 Å². The van der Waals surface area contributed by atoms with Gasteiger partial charge >= 0.3 is 0 Å². The van der Waals surface area contributed by atoms with Crippen molar-refractivity contribution < 1.29 is 4.74 Å². The summed E-state index contributed by atoms with van der Waals surface area (Å²) in [5.41, 5.74) is 9.17. The van der Waals surface area contributed by atoms with Crippen LogP contribution in [0.4, 0.5) is 0 Å². The molecule has 98 valence electrons. The van der Waals surface area contributed by atoms with E-state index in [0.29, 0.717) is 23.2 Å². The number of hydrogen-bond donors (Lipinski definition) is 1. The lowest BCUT2D eigenvalue weighted by molar-refractivity contribution is 0.454. The van der Waals surface area contributed by atoms with Gasteiger partial charge in [0, 0.05) is 22.8 Å². The summed E-state index contributed by atoms with van der Waals surface area (Å²) in [6.45, 7) is 0.427. The Kier molecular flexibility index (Phi) is 3.40. The van der Waals surface area contributed by atoms with E-state index >= 15 is 0 Å². The number of halogens is 1. The van der Waals surface area contributed by atoms with Gasteiger partial charge in [-0.1, -0.05) is 17.7 Å². The molecule has 19 heavy (non-hydrogen) atoms. The van der Waals surface area contributed by atoms with Crippen LogP contribution in [0.3, 0.4) is 0 Å². The molecule has 2 N–H and O–H groups in total. The average molecular weight is 275 g/mol. The molecule has 0 aliphatic heterocycles. The van der Waals surface area contributed by atoms with Gasteiger partial charge in [-0.2, -0.15) is 0 Å². The number of aryl methyl sites for hydroxylation is 2. The summed E-state index contributed by atoms with van der Waals surface area (Å²) in [6.07, 6.45) is 3.27. The zero-order chi connectivity index (χ0) is 13.2. The summed E-state index contributed by atoms with van der Waals surface area (Å²) >= 11 is 5.95. The fourth-order valence-corrected chi connectivity index (χ4v) is 2.56. The van der Waals surface area contributed by atoms with E-state index in [1.807, 2.05) is 18.2 Å². The minimum atomic E-state index is 0.427. The monoisotopic (exact) mass is 274 g/mol. The van der Waals surface area contributed by atoms with Crippen LogP contribution >= 0.6 is 11.6 Å². The maximum atomic E-state index is 5.95. The molecule has 1 aliphatic rings. The first-order valence-corrected chi connectivity index (χ1v) is 6.79. The second-order valence-corrected chi connectivity index (χ2v) is 5.11. The number of benzene rings is 1. The molecule has 0 radical (unpaired) electrons. The number of nitrogens with two attached hydrogens (primary N) is 1. The van der Waals surface area contributed by atoms with Crippen molar-refractivity contribution >= 4 is 11.6 Å². The van der Waals surface area contributed by atoms with Gasteiger partial charge in [0.1, 0.15) is 5.75 Å². The summed E-state index contributed by atoms with van der Waals surface area (Å²) in [7, 11) is 0. The second-order valence-electron chi connectivity index (χ2n) is 4.68. The summed E-state index contributed by atoms with van der Waals surface area (Å²) < 4.78 is 5.83. The van der Waals surface area contributed by atoms with Gasteiger partial charge in [0.2, 0.25) is 5.88 Å². The van der Waals surface area contributed by atoms with E-state index in [-0.39, 0.29) is 0 Å². The predicted molar refractivity (Wildman–Crippen MR) is 75.7 cm³/mol. The van der Waals surface area contributed by atoms with Crippen molar-refractivity contribution in [2.45, 2.75) is 25.8 Å². The van der Waals surface area contributed by atoms with Gasteiger partial charge in [-0.05, 0) is 49.1 Å². The molecule has 0 spiro atoms. The Balaban J connectivity index is 1.96. The maximum Gasteiger partial charge on any atom is 0.223 e. The third kappa shape index (κ3) is 2.57. The van der Waals surface area contributed by atoms with Crippen LogP contribution in [-0.4, -0.2) is 4.98 Å². The van der Waals surface area contributed by atoms with E-state index < -0.39 is 0 Å². The summed E-state index contributed by atoms with van der Waals surface area (Å²) in [6, 6.07) is 9.43. The van der Waals surface area contributed by atoms with Gasteiger partial charge in [0.25, 0.3) is 0 Å². The van der Waals surface area contributed by atoms with Crippen LogP contribution in [0.5, 0.6) is 11.6 Å². The van der Waals surface area contributed by atoms with Crippen molar-refractivity contribution in [3.05, 3.63) is 52.2 Å². The lowest BCUT2D eigenvalue weighted by Gasteiger charge is -2.11. The Morgan fingerprint density at radius 1 is 1.26 bits per heavy atom. The molecule has 3 rings (SSSR count). The Hall–Kier alpha value is -1.58. The van der Waals surface area contributed by atoms with Crippen LogP contribution in [0.2, 0.25) is 5.02 Å². The third-order valence-corrected chi connectivity index (χ3v) is 3.56. The van der Waals surface area contributed by atoms with Crippen molar-refractivity contribution in [1.29, 1.82) is 0 Å². The van der Waals surface area contributed by atoms with Crippen molar-refractivity contribution in [2.24, 2.45) is 5.73 Å². The SMILES string of the molecule is NCc1cc2c(nc1Oc1cccc(Cl)c1)CCC2. The largest absolute Gasteiger partial charge is 0.439 e. The number of hydrogen-bond acceptors (Lipinski definition) is 3. The van der Waals surface area contributed by atoms with Gasteiger partial charge in [-0.15, -0.1) is 0 Å². The number of ether oxygens (including phenoxy) is 1. The fourth-order valence-electron chi connectivity index (χ4n) is 2.38. The molecule has 1 aliphatic carbocycles. The predicted octanol–water partition coefficient (Wildman–Crippen LogP) is 3.47. The Labute approximate surface area is 117 Å². The molecule has 3 nitrogen and oxygen atoms in total. The zero-order valence-corrected chi connectivity index (χ0v) is 11.3. The van der Waals surface area contributed by atoms with Gasteiger partial charge in [-0.3, -0.25) is 0 Å². The van der Waals surface area contributed by atoms with Crippen molar-refractivity contribution in [2.75, 3.05) is 0 Å². The second kappa shape index (κ2) is 5.19. The molecule has 0 saturated carbocycles. The minimum absolute atomic E-state index is 0.427. The first kappa shape index (κ1) is 12.5. The molecule has 0 saturated heterocycles. The summed E-state index contributed by atoms with van der Waals surface area (Å²) in [5.74, 6) is 1.29. The highest BCUT2D eigenvalue weighted by Gasteiger charge is 2.17. The number of rotatable bonds is 3. The molecule has 1 heterocycles. The molecular weight excluding hydrogens is 260 g/mol. The quantitative estimate of drug-likeness (QED) is 0.932. The molecule has 0 fully saturated rings. The van der Waals surface area contributed by atoms with Crippen LogP contribution in [0.1, 0.15) is 23.2 Å². The normalized spacial score (nSPS) is 13.4. The van der Waals surface area contributed by atoms with Crippen molar-refractivity contribution in [1.82, 2.24) is 4.98 Å². The fraction of sp³-hybridized carbons (Fsp3) is 0.267. The highest BCUT2D eigenvalue weighted by Crippen LogP contribution is 2.30. The lowest BCUT2D eigenvalue weighted by atomic mass is 10.1. The maximum absolute atomic E-state index is 5.95. The average Bonchev–Trinajstić information content (AvgIpc) is 2.85. The van der Waals surface area contributed by atoms with Gasteiger partial charge in [0.05, 0.1) is 0 Å². The van der Waals surface area contributed by atoms with Crippen molar-refractivity contribution in [3.8, 4) is 11.6 Å². The van der Waals surface area contributed by atoms with Gasteiger partial charge in [-0.25, -0.2) is 4.98 Å². The van der Waals surface area contributed by atoms with Crippen LogP contribution < -0.4 is 10.5 Å². The van der Waals surface area contributed by atoms with Crippen LogP contribution in [-0.2, 0) is 19.4 Å². The molecule has 0 atom stereocenters. The molecule has 1 aromatic heterocycles. The molecule has 0 amide bonds. The summed E-state index contributed by atoms with van der Waals surface area (Å²) in [4.78, 5) is 4.60. The Morgan fingerprint density at radius 3 is 2.95 bits per heavy atom. The first-order chi connectivity index (χ1) is 9.26. The van der Waals surface area contributed by atoms with Crippen LogP contribution in [0.25, 0.3) is 0 Å². The minimum Gasteiger partial charge on any atom is -0.439 e. The number of aromatic nitrogens is 1. The molecule has 4 heteroatoms. The molecule has 0 unspecified atom stereocenters. The molecule has 1 aromatic carbocycles. The Bertz CT molecular complexity index is 613. The number of nitrogens with zero attached hydrogens (tertiary/aromatic N) is 1. The number of pyridine rings is 1. The van der Waals surface area contributed by atoms with Gasteiger partial charge in [0.15, 0.2) is 0 Å². The van der Waals surface area contributed by atoms with E-state index in [1.165, 1.54) is 5.56 Å². The smallest absolute Gasteiger partial charge is 0.223 e. The van der Waals surface area contributed by atoms with Gasteiger partial charge < -0.3 is 10.5 Å².